The van der Waals surface area contributed by atoms with Crippen molar-refractivity contribution in [3.8, 4) is 0 Å². The first-order valence-electron chi connectivity index (χ1n) is 6.08. The van der Waals surface area contributed by atoms with Gasteiger partial charge in [-0.25, -0.2) is 0 Å². The second kappa shape index (κ2) is 4.30. The Morgan fingerprint density at radius 2 is 1.93 bits per heavy atom. The van der Waals surface area contributed by atoms with Crippen LogP contribution >= 0.6 is 12.6 Å². The zero-order valence-electron chi connectivity index (χ0n) is 9.31. The second-order valence-corrected chi connectivity index (χ2v) is 5.52. The molecule has 0 aromatic carbocycles. The van der Waals surface area contributed by atoms with E-state index < -0.39 is 0 Å². The highest BCUT2D eigenvalue weighted by molar-refractivity contribution is 7.80. The van der Waals surface area contributed by atoms with Gasteiger partial charge in [-0.15, -0.1) is 0 Å². The van der Waals surface area contributed by atoms with Gasteiger partial charge in [0, 0.05) is 0 Å². The summed E-state index contributed by atoms with van der Waals surface area (Å²) in [6.45, 7) is 2.36. The summed E-state index contributed by atoms with van der Waals surface area (Å²) >= 11 is 4.33. The Labute approximate surface area is 93.6 Å². The molecular weight excluding hydrogens is 188 g/mol. The van der Waals surface area contributed by atoms with E-state index in [1.54, 1.807) is 5.57 Å². The van der Waals surface area contributed by atoms with Gasteiger partial charge in [0.05, 0.1) is 0 Å². The number of hydrogen-bond donors (Lipinski definition) is 1. The van der Waals surface area contributed by atoms with Crippen LogP contribution in [0.25, 0.3) is 0 Å². The zero-order chi connectivity index (χ0) is 10.0. The van der Waals surface area contributed by atoms with Crippen LogP contribution < -0.4 is 0 Å². The Morgan fingerprint density at radius 3 is 2.57 bits per heavy atom. The predicted molar refractivity (Wildman–Crippen MR) is 65.9 cm³/mol. The Morgan fingerprint density at radius 1 is 1.21 bits per heavy atom. The van der Waals surface area contributed by atoms with E-state index in [0.717, 1.165) is 5.75 Å². The lowest BCUT2D eigenvalue weighted by Crippen LogP contribution is -2.15. The molecule has 0 radical (unpaired) electrons. The summed E-state index contributed by atoms with van der Waals surface area (Å²) in [5, 5.41) is 0. The third kappa shape index (κ3) is 1.76. The molecule has 0 N–H and O–H groups in total. The van der Waals surface area contributed by atoms with Crippen molar-refractivity contribution in [2.75, 3.05) is 5.75 Å². The molecule has 0 aromatic heterocycles. The van der Waals surface area contributed by atoms with E-state index >= 15 is 0 Å². The highest BCUT2D eigenvalue weighted by Gasteiger charge is 2.40. The fourth-order valence-corrected chi connectivity index (χ4v) is 3.68. The van der Waals surface area contributed by atoms with Crippen molar-refractivity contribution in [3.63, 3.8) is 0 Å². The summed E-state index contributed by atoms with van der Waals surface area (Å²) in [6, 6.07) is 0. The molecule has 0 aliphatic heterocycles. The van der Waals surface area contributed by atoms with Crippen LogP contribution in [0.1, 0.15) is 58.3 Å². The fourth-order valence-electron chi connectivity index (χ4n) is 3.52. The first-order chi connectivity index (χ1) is 6.78. The minimum Gasteiger partial charge on any atom is -0.179 e. The first kappa shape index (κ1) is 10.6. The van der Waals surface area contributed by atoms with E-state index in [-0.39, 0.29) is 0 Å². The van der Waals surface area contributed by atoms with Crippen LogP contribution in [0.3, 0.4) is 0 Å². The molecule has 0 unspecified atom stereocenters. The smallest absolute Gasteiger partial charge is 0.00825 e. The molecule has 0 saturated heterocycles. The maximum Gasteiger partial charge on any atom is -0.00825 e. The standard InChI is InChI=1S/C13H22S/c1-11-6-9-13(7-2-3-8-13)12(11)5-4-10-14/h14H,2-10H2,1H3. The summed E-state index contributed by atoms with van der Waals surface area (Å²) in [6.07, 6.45) is 11.3. The Kier molecular flexibility index (Phi) is 3.26. The van der Waals surface area contributed by atoms with Crippen molar-refractivity contribution < 1.29 is 0 Å². The van der Waals surface area contributed by atoms with Gasteiger partial charge < -0.3 is 0 Å². The van der Waals surface area contributed by atoms with Gasteiger partial charge in [-0.1, -0.05) is 24.0 Å². The van der Waals surface area contributed by atoms with Gasteiger partial charge >= 0.3 is 0 Å². The van der Waals surface area contributed by atoms with Crippen LogP contribution in [0, 0.1) is 5.41 Å². The van der Waals surface area contributed by atoms with Crippen molar-refractivity contribution in [2.24, 2.45) is 5.41 Å². The minimum absolute atomic E-state index is 0.674. The van der Waals surface area contributed by atoms with Crippen molar-refractivity contribution in [1.82, 2.24) is 0 Å². The third-order valence-electron chi connectivity index (χ3n) is 4.28. The highest BCUT2D eigenvalue weighted by Crippen LogP contribution is 2.54. The molecular formula is C13H22S. The SMILES string of the molecule is CC1=C(CCCS)C2(CCCC2)CC1. The monoisotopic (exact) mass is 210 g/mol. The van der Waals surface area contributed by atoms with Gasteiger partial charge in [-0.05, 0) is 56.6 Å². The van der Waals surface area contributed by atoms with E-state index in [4.69, 9.17) is 0 Å². The van der Waals surface area contributed by atoms with Gasteiger partial charge in [0.2, 0.25) is 0 Å². The van der Waals surface area contributed by atoms with Crippen molar-refractivity contribution in [1.29, 1.82) is 0 Å². The van der Waals surface area contributed by atoms with Gasteiger partial charge in [0.1, 0.15) is 0 Å². The summed E-state index contributed by atoms with van der Waals surface area (Å²) in [4.78, 5) is 0. The average Bonchev–Trinajstić information content (AvgIpc) is 2.75. The maximum atomic E-state index is 4.33. The molecule has 1 saturated carbocycles. The molecule has 1 fully saturated rings. The molecule has 0 atom stereocenters. The molecule has 0 amide bonds. The van der Waals surface area contributed by atoms with E-state index in [9.17, 15) is 0 Å². The molecule has 2 rings (SSSR count). The van der Waals surface area contributed by atoms with E-state index in [1.807, 2.05) is 5.57 Å². The van der Waals surface area contributed by atoms with E-state index in [1.165, 1.54) is 51.4 Å². The van der Waals surface area contributed by atoms with Crippen molar-refractivity contribution in [2.45, 2.75) is 58.3 Å². The van der Waals surface area contributed by atoms with Gasteiger partial charge in [-0.2, -0.15) is 12.6 Å². The molecule has 0 bridgehead atoms. The Bertz CT molecular complexity index is 234. The number of hydrogen-bond acceptors (Lipinski definition) is 1. The predicted octanol–water partition coefficient (Wildman–Crippen LogP) is 4.37. The van der Waals surface area contributed by atoms with Crippen LogP contribution in [0.15, 0.2) is 11.1 Å². The molecule has 0 heterocycles. The normalized spacial score (nSPS) is 25.3. The lowest BCUT2D eigenvalue weighted by Gasteiger charge is -2.27. The van der Waals surface area contributed by atoms with Crippen LogP contribution in [-0.2, 0) is 0 Å². The van der Waals surface area contributed by atoms with E-state index in [2.05, 4.69) is 19.6 Å². The Hall–Kier alpha value is 0.0900. The average molecular weight is 210 g/mol. The first-order valence-corrected chi connectivity index (χ1v) is 6.72. The number of thiol groups is 1. The molecule has 14 heavy (non-hydrogen) atoms. The number of allylic oxidation sites excluding steroid dienone is 2. The second-order valence-electron chi connectivity index (χ2n) is 5.07. The highest BCUT2D eigenvalue weighted by atomic mass is 32.1. The zero-order valence-corrected chi connectivity index (χ0v) is 10.2. The number of rotatable bonds is 3. The topological polar surface area (TPSA) is 0 Å². The molecule has 0 nitrogen and oxygen atoms in total. The largest absolute Gasteiger partial charge is 0.179 e. The molecule has 1 heteroatoms. The van der Waals surface area contributed by atoms with Crippen molar-refractivity contribution in [3.05, 3.63) is 11.1 Å². The fraction of sp³-hybridized carbons (Fsp3) is 0.846. The Balaban J connectivity index is 2.11. The van der Waals surface area contributed by atoms with E-state index in [0.29, 0.717) is 5.41 Å². The summed E-state index contributed by atoms with van der Waals surface area (Å²) in [5.41, 5.74) is 4.23. The lowest BCUT2D eigenvalue weighted by molar-refractivity contribution is 0.354. The van der Waals surface area contributed by atoms with Gasteiger partial charge in [-0.3, -0.25) is 0 Å². The van der Waals surface area contributed by atoms with Gasteiger partial charge in [0.15, 0.2) is 0 Å². The van der Waals surface area contributed by atoms with Crippen LogP contribution in [-0.4, -0.2) is 5.75 Å². The molecule has 2 aliphatic carbocycles. The minimum atomic E-state index is 0.674. The van der Waals surface area contributed by atoms with Crippen molar-refractivity contribution >= 4 is 12.6 Å². The molecule has 80 valence electrons. The summed E-state index contributed by atoms with van der Waals surface area (Å²) in [5.74, 6) is 1.05. The quantitative estimate of drug-likeness (QED) is 0.519. The maximum absolute atomic E-state index is 4.33. The molecule has 2 aliphatic rings. The summed E-state index contributed by atoms with van der Waals surface area (Å²) in [7, 11) is 0. The van der Waals surface area contributed by atoms with Crippen LogP contribution in [0.4, 0.5) is 0 Å². The molecule has 1 spiro atoms. The van der Waals surface area contributed by atoms with Crippen LogP contribution in [0.5, 0.6) is 0 Å². The third-order valence-corrected chi connectivity index (χ3v) is 4.60. The lowest BCUT2D eigenvalue weighted by atomic mass is 9.77. The van der Waals surface area contributed by atoms with Gasteiger partial charge in [0.25, 0.3) is 0 Å². The van der Waals surface area contributed by atoms with Crippen LogP contribution in [0.2, 0.25) is 0 Å². The molecule has 0 aromatic rings. The summed E-state index contributed by atoms with van der Waals surface area (Å²) < 4.78 is 0.